The first-order chi connectivity index (χ1) is 11.9. The minimum Gasteiger partial charge on any atom is -0.362 e. The lowest BCUT2D eigenvalue weighted by molar-refractivity contribution is -0.172. The van der Waals surface area contributed by atoms with Crippen LogP contribution in [0.2, 0.25) is 5.02 Å². The molecular formula is C19H26ClFN2O2. The van der Waals surface area contributed by atoms with Gasteiger partial charge >= 0.3 is 0 Å². The van der Waals surface area contributed by atoms with Crippen molar-refractivity contribution in [3.63, 3.8) is 0 Å². The molecule has 2 aliphatic rings. The zero-order valence-corrected chi connectivity index (χ0v) is 15.7. The molecule has 2 saturated heterocycles. The fraction of sp³-hybridized carbons (Fsp3) is 0.632. The summed E-state index contributed by atoms with van der Waals surface area (Å²) in [6, 6.07) is 4.92. The minimum atomic E-state index is -0.790. The van der Waals surface area contributed by atoms with Gasteiger partial charge < -0.3 is 9.64 Å². The second-order valence-corrected chi connectivity index (χ2v) is 7.77. The van der Waals surface area contributed by atoms with E-state index in [-0.39, 0.29) is 17.8 Å². The SMILES string of the molecule is CC(C)N1CCCCC2(CN(Cc3ccc(Cl)cc3F)CCO2)C1=O. The van der Waals surface area contributed by atoms with Crippen LogP contribution in [0.5, 0.6) is 0 Å². The number of benzene rings is 1. The van der Waals surface area contributed by atoms with Crippen molar-refractivity contribution < 1.29 is 13.9 Å². The van der Waals surface area contributed by atoms with Crippen molar-refractivity contribution in [1.29, 1.82) is 0 Å². The van der Waals surface area contributed by atoms with Crippen molar-refractivity contribution in [3.8, 4) is 0 Å². The van der Waals surface area contributed by atoms with Crippen LogP contribution in [0.1, 0.15) is 38.7 Å². The predicted molar refractivity (Wildman–Crippen MR) is 96.1 cm³/mol. The highest BCUT2D eigenvalue weighted by atomic mass is 35.5. The Bertz CT molecular complexity index is 640. The average molecular weight is 369 g/mol. The zero-order valence-electron chi connectivity index (χ0n) is 14.9. The summed E-state index contributed by atoms with van der Waals surface area (Å²) in [7, 11) is 0. The van der Waals surface area contributed by atoms with E-state index in [1.54, 1.807) is 12.1 Å². The van der Waals surface area contributed by atoms with Gasteiger partial charge in [0.05, 0.1) is 6.61 Å². The number of nitrogens with zero attached hydrogens (tertiary/aromatic N) is 2. The van der Waals surface area contributed by atoms with Gasteiger partial charge in [0.15, 0.2) is 5.60 Å². The van der Waals surface area contributed by atoms with Crippen LogP contribution in [0.15, 0.2) is 18.2 Å². The molecule has 0 aromatic heterocycles. The number of carbonyl (C=O) groups is 1. The first-order valence-corrected chi connectivity index (χ1v) is 9.40. The molecule has 0 N–H and O–H groups in total. The quantitative estimate of drug-likeness (QED) is 0.819. The second kappa shape index (κ2) is 7.60. The van der Waals surface area contributed by atoms with Gasteiger partial charge in [-0.2, -0.15) is 0 Å². The first kappa shape index (κ1) is 18.6. The summed E-state index contributed by atoms with van der Waals surface area (Å²) in [5.41, 5.74) is -0.190. The molecule has 0 radical (unpaired) electrons. The number of ether oxygens (including phenoxy) is 1. The Morgan fingerprint density at radius 2 is 2.12 bits per heavy atom. The second-order valence-electron chi connectivity index (χ2n) is 7.34. The Labute approximate surface area is 153 Å². The third kappa shape index (κ3) is 3.99. The maximum atomic E-state index is 14.1. The molecule has 138 valence electrons. The van der Waals surface area contributed by atoms with E-state index in [2.05, 4.69) is 4.90 Å². The number of hydrogen-bond donors (Lipinski definition) is 0. The van der Waals surface area contributed by atoms with Crippen LogP contribution in [0.25, 0.3) is 0 Å². The van der Waals surface area contributed by atoms with Crippen LogP contribution in [0.4, 0.5) is 4.39 Å². The molecule has 1 aromatic rings. The maximum Gasteiger partial charge on any atom is 0.256 e. The van der Waals surface area contributed by atoms with Gasteiger partial charge in [0.2, 0.25) is 0 Å². The Morgan fingerprint density at radius 1 is 1.32 bits per heavy atom. The molecule has 6 heteroatoms. The summed E-state index contributed by atoms with van der Waals surface area (Å²) in [6.45, 7) is 7.03. The summed E-state index contributed by atoms with van der Waals surface area (Å²) in [5.74, 6) is -0.217. The van der Waals surface area contributed by atoms with Gasteiger partial charge in [-0.3, -0.25) is 9.69 Å². The van der Waals surface area contributed by atoms with Crippen LogP contribution in [0.3, 0.4) is 0 Å². The van der Waals surface area contributed by atoms with Crippen LogP contribution in [-0.4, -0.2) is 53.6 Å². The molecule has 0 bridgehead atoms. The highest BCUT2D eigenvalue weighted by Crippen LogP contribution is 2.31. The summed E-state index contributed by atoms with van der Waals surface area (Å²) >= 11 is 5.84. The molecular weight excluding hydrogens is 343 g/mol. The number of rotatable bonds is 3. The van der Waals surface area contributed by atoms with Crippen LogP contribution >= 0.6 is 11.6 Å². The van der Waals surface area contributed by atoms with E-state index in [1.807, 2.05) is 18.7 Å². The number of halogens is 2. The normalized spacial score (nSPS) is 25.6. The third-order valence-electron chi connectivity index (χ3n) is 5.18. The Balaban J connectivity index is 1.78. The predicted octanol–water partition coefficient (Wildman–Crippen LogP) is 3.47. The molecule has 2 fully saturated rings. The number of morpholine rings is 1. The van der Waals surface area contributed by atoms with Crippen LogP contribution < -0.4 is 0 Å². The number of amides is 1. The molecule has 0 aliphatic carbocycles. The number of likely N-dealkylation sites (tertiary alicyclic amines) is 1. The van der Waals surface area contributed by atoms with E-state index < -0.39 is 5.60 Å². The van der Waals surface area contributed by atoms with Gasteiger partial charge in [-0.25, -0.2) is 4.39 Å². The lowest BCUT2D eigenvalue weighted by atomic mass is 9.93. The topological polar surface area (TPSA) is 32.8 Å². The molecule has 3 rings (SSSR count). The smallest absolute Gasteiger partial charge is 0.256 e. The summed E-state index contributed by atoms with van der Waals surface area (Å²) in [6.07, 6.45) is 2.70. The van der Waals surface area contributed by atoms with Crippen molar-refractivity contribution in [2.45, 2.75) is 51.3 Å². The van der Waals surface area contributed by atoms with Gasteiger partial charge in [-0.05, 0) is 45.2 Å². The van der Waals surface area contributed by atoms with Crippen molar-refractivity contribution in [2.24, 2.45) is 0 Å². The van der Waals surface area contributed by atoms with Crippen LogP contribution in [-0.2, 0) is 16.1 Å². The number of hydrogen-bond acceptors (Lipinski definition) is 3. The molecule has 1 atom stereocenters. The van der Waals surface area contributed by atoms with Crippen molar-refractivity contribution in [3.05, 3.63) is 34.6 Å². The summed E-state index contributed by atoms with van der Waals surface area (Å²) in [4.78, 5) is 17.2. The molecule has 1 spiro atoms. The molecule has 1 unspecified atom stereocenters. The van der Waals surface area contributed by atoms with Crippen molar-refractivity contribution >= 4 is 17.5 Å². The average Bonchev–Trinajstić information content (AvgIpc) is 2.71. The molecule has 0 saturated carbocycles. The third-order valence-corrected chi connectivity index (χ3v) is 5.41. The largest absolute Gasteiger partial charge is 0.362 e. The van der Waals surface area contributed by atoms with E-state index >= 15 is 0 Å². The molecule has 2 heterocycles. The lowest BCUT2D eigenvalue weighted by Crippen LogP contribution is -2.60. The van der Waals surface area contributed by atoms with E-state index in [4.69, 9.17) is 16.3 Å². The van der Waals surface area contributed by atoms with Crippen molar-refractivity contribution in [1.82, 2.24) is 9.80 Å². The van der Waals surface area contributed by atoms with Gasteiger partial charge in [-0.15, -0.1) is 0 Å². The van der Waals surface area contributed by atoms with E-state index in [0.29, 0.717) is 36.8 Å². The highest BCUT2D eigenvalue weighted by molar-refractivity contribution is 6.30. The molecule has 1 aromatic carbocycles. The molecule has 2 aliphatic heterocycles. The molecule has 1 amide bonds. The Kier molecular flexibility index (Phi) is 5.66. The molecule has 4 nitrogen and oxygen atoms in total. The van der Waals surface area contributed by atoms with E-state index in [0.717, 1.165) is 25.8 Å². The number of carbonyl (C=O) groups excluding carboxylic acids is 1. The van der Waals surface area contributed by atoms with E-state index in [1.165, 1.54) is 6.07 Å². The minimum absolute atomic E-state index is 0.0845. The fourth-order valence-electron chi connectivity index (χ4n) is 3.82. The van der Waals surface area contributed by atoms with Gasteiger partial charge in [0.1, 0.15) is 5.82 Å². The summed E-state index contributed by atoms with van der Waals surface area (Å²) in [5, 5.41) is 0.395. The first-order valence-electron chi connectivity index (χ1n) is 9.02. The standard InChI is InChI=1S/C19H26ClFN2O2/c1-14(2)23-8-4-3-7-19(18(23)24)13-22(9-10-25-19)12-15-5-6-16(20)11-17(15)21/h5-6,11,14H,3-4,7-10,12-13H2,1-2H3. The molecule has 25 heavy (non-hydrogen) atoms. The van der Waals surface area contributed by atoms with Gasteiger partial charge in [0.25, 0.3) is 5.91 Å². The monoisotopic (exact) mass is 368 g/mol. The summed E-state index contributed by atoms with van der Waals surface area (Å²) < 4.78 is 20.2. The van der Waals surface area contributed by atoms with Crippen molar-refractivity contribution in [2.75, 3.05) is 26.2 Å². The van der Waals surface area contributed by atoms with Gasteiger partial charge in [0, 0.05) is 42.8 Å². The zero-order chi connectivity index (χ0) is 18.0. The highest BCUT2D eigenvalue weighted by Gasteiger charge is 2.47. The lowest BCUT2D eigenvalue weighted by Gasteiger charge is -2.43. The maximum absolute atomic E-state index is 14.1. The Morgan fingerprint density at radius 3 is 2.84 bits per heavy atom. The van der Waals surface area contributed by atoms with Gasteiger partial charge in [-0.1, -0.05) is 17.7 Å². The Hall–Kier alpha value is -1.17. The van der Waals surface area contributed by atoms with E-state index in [9.17, 15) is 9.18 Å². The van der Waals surface area contributed by atoms with Crippen LogP contribution in [0, 0.1) is 5.82 Å². The fourth-order valence-corrected chi connectivity index (χ4v) is 3.98.